The smallest absolute Gasteiger partial charge is 0.245 e. The average molecular weight is 340 g/mol. The molecule has 0 spiro atoms. The molecule has 1 saturated heterocycles. The normalized spacial score (nSPS) is 19.4. The first-order valence-electron chi connectivity index (χ1n) is 6.48. The minimum atomic E-state index is -4.05. The van der Waals surface area contributed by atoms with Crippen LogP contribution in [0.4, 0.5) is 8.78 Å². The summed E-state index contributed by atoms with van der Waals surface area (Å²) in [4.78, 5) is -0.569. The largest absolute Gasteiger partial charge is 0.377 e. The Morgan fingerprint density at radius 1 is 1.43 bits per heavy atom. The van der Waals surface area contributed by atoms with E-state index in [0.717, 1.165) is 29.3 Å². The first kappa shape index (κ1) is 16.6. The molecule has 1 fully saturated rings. The lowest BCUT2D eigenvalue weighted by Gasteiger charge is -2.21. The quantitative estimate of drug-likeness (QED) is 0.774. The van der Waals surface area contributed by atoms with E-state index >= 15 is 0 Å². The van der Waals surface area contributed by atoms with E-state index in [2.05, 4.69) is 0 Å². The van der Waals surface area contributed by atoms with E-state index < -0.39 is 38.0 Å². The van der Waals surface area contributed by atoms with Gasteiger partial charge in [0, 0.05) is 25.8 Å². The minimum Gasteiger partial charge on any atom is -0.377 e. The number of rotatable bonds is 5. The second-order valence-corrected chi connectivity index (χ2v) is 7.17. The Bertz CT molecular complexity index is 618. The molecule has 0 radical (unpaired) electrons. The SMILES string of the molecule is CN(CC1CCCO1)S(=O)(=O)c1ccc(F)c(CCl)c1F. The van der Waals surface area contributed by atoms with Gasteiger partial charge in [-0.3, -0.25) is 0 Å². The lowest BCUT2D eigenvalue weighted by Crippen LogP contribution is -2.34. The molecule has 118 valence electrons. The maximum absolute atomic E-state index is 14.1. The Hall–Kier alpha value is -0.760. The molecule has 1 unspecified atom stereocenters. The summed E-state index contributed by atoms with van der Waals surface area (Å²) < 4.78 is 58.7. The molecule has 8 heteroatoms. The van der Waals surface area contributed by atoms with Gasteiger partial charge in [-0.05, 0) is 25.0 Å². The van der Waals surface area contributed by atoms with Crippen LogP contribution in [0.15, 0.2) is 17.0 Å². The van der Waals surface area contributed by atoms with Crippen LogP contribution in [0.3, 0.4) is 0 Å². The maximum Gasteiger partial charge on any atom is 0.245 e. The predicted molar refractivity (Wildman–Crippen MR) is 74.7 cm³/mol. The Labute approximate surface area is 127 Å². The van der Waals surface area contributed by atoms with Crippen molar-refractivity contribution < 1.29 is 21.9 Å². The van der Waals surface area contributed by atoms with E-state index in [0.29, 0.717) is 6.61 Å². The molecule has 2 rings (SSSR count). The molecule has 1 aromatic rings. The fraction of sp³-hybridized carbons (Fsp3) is 0.538. The molecule has 0 aromatic heterocycles. The van der Waals surface area contributed by atoms with Crippen LogP contribution in [0.1, 0.15) is 18.4 Å². The van der Waals surface area contributed by atoms with Gasteiger partial charge >= 0.3 is 0 Å². The molecule has 0 aliphatic carbocycles. The number of alkyl halides is 1. The van der Waals surface area contributed by atoms with Gasteiger partial charge in [0.05, 0.1) is 12.0 Å². The van der Waals surface area contributed by atoms with E-state index in [9.17, 15) is 17.2 Å². The van der Waals surface area contributed by atoms with E-state index in [-0.39, 0.29) is 12.6 Å². The fourth-order valence-electron chi connectivity index (χ4n) is 2.24. The third-order valence-corrected chi connectivity index (χ3v) is 5.57. The molecule has 1 atom stereocenters. The number of hydrogen-bond acceptors (Lipinski definition) is 3. The highest BCUT2D eigenvalue weighted by atomic mass is 35.5. The second-order valence-electron chi connectivity index (χ2n) is 4.89. The molecule has 4 nitrogen and oxygen atoms in total. The van der Waals surface area contributed by atoms with Gasteiger partial charge in [0.2, 0.25) is 10.0 Å². The molecule has 0 N–H and O–H groups in total. The van der Waals surface area contributed by atoms with Gasteiger partial charge in [-0.15, -0.1) is 11.6 Å². The molecular weight excluding hydrogens is 324 g/mol. The number of benzene rings is 1. The van der Waals surface area contributed by atoms with Crippen LogP contribution in [0, 0.1) is 11.6 Å². The summed E-state index contributed by atoms with van der Waals surface area (Å²) in [7, 11) is -2.71. The van der Waals surface area contributed by atoms with Crippen LogP contribution in [-0.4, -0.2) is 39.0 Å². The zero-order valence-corrected chi connectivity index (χ0v) is 13.1. The van der Waals surface area contributed by atoms with Crippen LogP contribution >= 0.6 is 11.6 Å². The molecule has 1 aliphatic heterocycles. The standard InChI is InChI=1S/C13H16ClF2NO3S/c1-17(8-9-3-2-6-20-9)21(18,19)12-5-4-11(15)10(7-14)13(12)16/h4-5,9H,2-3,6-8H2,1H3. The van der Waals surface area contributed by atoms with Crippen molar-refractivity contribution in [3.8, 4) is 0 Å². The van der Waals surface area contributed by atoms with Gasteiger partial charge in [-0.1, -0.05) is 0 Å². The Morgan fingerprint density at radius 2 is 2.14 bits per heavy atom. The number of nitrogens with zero attached hydrogens (tertiary/aromatic N) is 1. The van der Waals surface area contributed by atoms with E-state index in [1.165, 1.54) is 7.05 Å². The first-order valence-corrected chi connectivity index (χ1v) is 8.46. The summed E-state index contributed by atoms with van der Waals surface area (Å²) in [6.07, 6.45) is 1.44. The summed E-state index contributed by atoms with van der Waals surface area (Å²) >= 11 is 5.47. The topological polar surface area (TPSA) is 46.6 Å². The van der Waals surface area contributed by atoms with Crippen molar-refractivity contribution in [3.05, 3.63) is 29.3 Å². The van der Waals surface area contributed by atoms with Crippen molar-refractivity contribution in [2.45, 2.75) is 29.7 Å². The monoisotopic (exact) mass is 339 g/mol. The summed E-state index contributed by atoms with van der Waals surface area (Å²) in [6, 6.07) is 1.83. The molecule has 21 heavy (non-hydrogen) atoms. The summed E-state index contributed by atoms with van der Waals surface area (Å²) in [6.45, 7) is 0.731. The van der Waals surface area contributed by atoms with Crippen LogP contribution in [0.2, 0.25) is 0 Å². The molecule has 1 aliphatic rings. The molecular formula is C13H16ClF2NO3S. The van der Waals surface area contributed by atoms with Crippen LogP contribution in [0.5, 0.6) is 0 Å². The van der Waals surface area contributed by atoms with Crippen molar-refractivity contribution in [2.24, 2.45) is 0 Å². The lowest BCUT2D eigenvalue weighted by molar-refractivity contribution is 0.0978. The summed E-state index contributed by atoms with van der Waals surface area (Å²) in [5.74, 6) is -2.43. The summed E-state index contributed by atoms with van der Waals surface area (Å²) in [5.41, 5.74) is -0.441. The molecule has 1 heterocycles. The van der Waals surface area contributed by atoms with Crippen LogP contribution in [-0.2, 0) is 20.6 Å². The number of sulfonamides is 1. The average Bonchev–Trinajstić information content (AvgIpc) is 2.91. The van der Waals surface area contributed by atoms with Gasteiger partial charge in [0.25, 0.3) is 0 Å². The molecule has 1 aromatic carbocycles. The Kier molecular flexibility index (Phi) is 5.19. The van der Waals surface area contributed by atoms with Crippen molar-refractivity contribution in [1.82, 2.24) is 4.31 Å². The number of halogens is 3. The van der Waals surface area contributed by atoms with E-state index in [4.69, 9.17) is 16.3 Å². The number of ether oxygens (including phenoxy) is 1. The highest BCUT2D eigenvalue weighted by molar-refractivity contribution is 7.89. The van der Waals surface area contributed by atoms with Gasteiger partial charge in [0.1, 0.15) is 10.7 Å². The second kappa shape index (κ2) is 6.56. The fourth-order valence-corrected chi connectivity index (χ4v) is 3.77. The zero-order valence-electron chi connectivity index (χ0n) is 11.5. The maximum atomic E-state index is 14.1. The number of likely N-dealkylation sites (N-methyl/N-ethyl adjacent to an activating group) is 1. The van der Waals surface area contributed by atoms with Crippen molar-refractivity contribution in [2.75, 3.05) is 20.2 Å². The highest BCUT2D eigenvalue weighted by Gasteiger charge is 2.30. The highest BCUT2D eigenvalue weighted by Crippen LogP contribution is 2.25. The lowest BCUT2D eigenvalue weighted by atomic mass is 10.2. The van der Waals surface area contributed by atoms with Gasteiger partial charge in [-0.2, -0.15) is 4.31 Å². The van der Waals surface area contributed by atoms with Gasteiger partial charge in [0.15, 0.2) is 5.82 Å². The Morgan fingerprint density at radius 3 is 2.71 bits per heavy atom. The van der Waals surface area contributed by atoms with Crippen molar-refractivity contribution >= 4 is 21.6 Å². The van der Waals surface area contributed by atoms with Crippen LogP contribution in [0.25, 0.3) is 0 Å². The predicted octanol–water partition coefficient (Wildman–Crippen LogP) is 2.50. The zero-order chi connectivity index (χ0) is 15.6. The van der Waals surface area contributed by atoms with Crippen LogP contribution < -0.4 is 0 Å². The van der Waals surface area contributed by atoms with Gasteiger partial charge in [-0.25, -0.2) is 17.2 Å². The third kappa shape index (κ3) is 3.36. The van der Waals surface area contributed by atoms with E-state index in [1.807, 2.05) is 0 Å². The third-order valence-electron chi connectivity index (χ3n) is 3.46. The Balaban J connectivity index is 2.30. The molecule has 0 bridgehead atoms. The summed E-state index contributed by atoms with van der Waals surface area (Å²) in [5, 5.41) is 0. The van der Waals surface area contributed by atoms with Gasteiger partial charge < -0.3 is 4.74 Å². The first-order chi connectivity index (χ1) is 9.87. The van der Waals surface area contributed by atoms with Crippen molar-refractivity contribution in [1.29, 1.82) is 0 Å². The number of hydrogen-bond donors (Lipinski definition) is 0. The van der Waals surface area contributed by atoms with Crippen molar-refractivity contribution in [3.63, 3.8) is 0 Å². The van der Waals surface area contributed by atoms with E-state index in [1.54, 1.807) is 0 Å². The molecule has 0 amide bonds. The molecule has 0 saturated carbocycles. The minimum absolute atomic E-state index is 0.134.